The van der Waals surface area contributed by atoms with Crippen LogP contribution in [0.25, 0.3) is 0 Å². The summed E-state index contributed by atoms with van der Waals surface area (Å²) in [7, 11) is -4.02. The number of rotatable bonds is 24. The minimum Gasteiger partial charge on any atom is -0.368 e. The van der Waals surface area contributed by atoms with E-state index >= 15 is 17.6 Å². The molecule has 260 valence electrons. The number of benzene rings is 2. The average molecular weight is 719 g/mol. The zero-order chi connectivity index (χ0) is 34.3. The molecule has 0 aromatic heterocycles. The summed E-state index contributed by atoms with van der Waals surface area (Å²) < 4.78 is 105. The Bertz CT molecular complexity index is 1060. The summed E-state index contributed by atoms with van der Waals surface area (Å²) >= 11 is 11.5. The van der Waals surface area contributed by atoms with Crippen LogP contribution >= 0.6 is 31.5 Å². The van der Waals surface area contributed by atoms with Gasteiger partial charge in [0.25, 0.3) is 0 Å². The zero-order valence-corrected chi connectivity index (χ0v) is 29.0. The Hall–Kier alpha value is -1.40. The highest BCUT2D eigenvalue weighted by Gasteiger charge is 2.55. The van der Waals surface area contributed by atoms with Crippen molar-refractivity contribution in [2.24, 2.45) is 0 Å². The Morgan fingerprint density at radius 2 is 0.957 bits per heavy atom. The van der Waals surface area contributed by atoms with Gasteiger partial charge in [0.2, 0.25) is 0 Å². The van der Waals surface area contributed by atoms with Crippen molar-refractivity contribution in [2.45, 2.75) is 115 Å². The molecule has 14 heteroatoms. The van der Waals surface area contributed by atoms with Crippen molar-refractivity contribution in [1.82, 2.24) is 0 Å². The molecule has 0 aliphatic rings. The van der Waals surface area contributed by atoms with E-state index in [1.807, 2.05) is 60.7 Å². The summed E-state index contributed by atoms with van der Waals surface area (Å²) in [6, 6.07) is 17.3. The number of hydrogen-bond acceptors (Lipinski definition) is 7. The first-order chi connectivity index (χ1) is 21.8. The Morgan fingerprint density at radius 3 is 1.24 bits per heavy atom. The van der Waals surface area contributed by atoms with Crippen LogP contribution < -0.4 is 0 Å². The van der Waals surface area contributed by atoms with E-state index in [9.17, 15) is 4.57 Å². The van der Waals surface area contributed by atoms with Crippen LogP contribution in [0, 0.1) is 0 Å². The van der Waals surface area contributed by atoms with Crippen molar-refractivity contribution < 1.29 is 50.1 Å². The number of halogens is 6. The smallest absolute Gasteiger partial charge is 0.368 e. The van der Waals surface area contributed by atoms with E-state index < -0.39 is 68.9 Å². The molecule has 2 atom stereocenters. The maximum atomic E-state index is 15.2. The molecule has 0 aliphatic heterocycles. The van der Waals surface area contributed by atoms with Crippen LogP contribution in [0.2, 0.25) is 0 Å². The standard InChI is InChI=1S/C32H44Cl2F4O7P/c1-5-29(6-2,42-21-25-15-11-9-12-16-25)27(40-23-33)19-31(35,36)44-46(39)45-32(37,38)20-28(41-24-34)30(7-3,8-4)43-22-26-17-13-10-14-18-26/h9-18,27-28H,5-8,19-24H2,1-4H3/q+1. The molecule has 2 aromatic carbocycles. The lowest BCUT2D eigenvalue weighted by molar-refractivity contribution is -0.252. The van der Waals surface area contributed by atoms with Crippen LogP contribution in [0.1, 0.15) is 77.3 Å². The second kappa shape index (κ2) is 19.6. The van der Waals surface area contributed by atoms with Crippen LogP contribution in [-0.4, -0.2) is 47.8 Å². The van der Waals surface area contributed by atoms with Gasteiger partial charge >= 0.3 is 20.5 Å². The predicted octanol–water partition coefficient (Wildman–Crippen LogP) is 10.4. The molecule has 0 aliphatic carbocycles. The van der Waals surface area contributed by atoms with E-state index in [1.165, 1.54) is 0 Å². The normalized spacial score (nSPS) is 14.7. The molecule has 2 unspecified atom stereocenters. The van der Waals surface area contributed by atoms with Gasteiger partial charge in [-0.1, -0.05) is 112 Å². The number of hydrogen-bond donors (Lipinski definition) is 0. The van der Waals surface area contributed by atoms with Gasteiger partial charge in [-0.2, -0.15) is 17.6 Å². The number of ether oxygens (including phenoxy) is 4. The van der Waals surface area contributed by atoms with Gasteiger partial charge in [0.05, 0.1) is 49.5 Å². The largest absolute Gasteiger partial charge is 0.709 e. The van der Waals surface area contributed by atoms with Crippen molar-refractivity contribution in [1.29, 1.82) is 0 Å². The molecule has 2 aromatic rings. The maximum absolute atomic E-state index is 15.2. The molecule has 0 N–H and O–H groups in total. The SMILES string of the molecule is CCC(CC)(OCc1ccccc1)C(CC(F)(F)O[P+](=O)OC(F)(F)CC(OCCl)C(CC)(CC)OCc1ccccc1)OCCl. The van der Waals surface area contributed by atoms with E-state index in [0.29, 0.717) is 0 Å². The molecule has 0 bridgehead atoms. The van der Waals surface area contributed by atoms with Gasteiger partial charge in [-0.05, 0) is 45.9 Å². The third-order valence-electron chi connectivity index (χ3n) is 8.10. The van der Waals surface area contributed by atoms with Crippen LogP contribution in [0.3, 0.4) is 0 Å². The Kier molecular flexibility index (Phi) is 17.3. The summed E-state index contributed by atoms with van der Waals surface area (Å²) in [6.07, 6.45) is -12.5. The fourth-order valence-electron chi connectivity index (χ4n) is 5.30. The average Bonchev–Trinajstić information content (AvgIpc) is 3.02. The first kappa shape index (κ1) is 40.8. The summed E-state index contributed by atoms with van der Waals surface area (Å²) in [4.78, 5) is 0. The van der Waals surface area contributed by atoms with Crippen molar-refractivity contribution in [3.05, 3.63) is 71.8 Å². The summed E-state index contributed by atoms with van der Waals surface area (Å²) in [5.41, 5.74) is -0.887. The van der Waals surface area contributed by atoms with Crippen molar-refractivity contribution in [2.75, 3.05) is 12.1 Å². The minimum absolute atomic E-state index is 0.0955. The lowest BCUT2D eigenvalue weighted by Crippen LogP contribution is -2.48. The molecule has 0 heterocycles. The van der Waals surface area contributed by atoms with E-state index in [0.717, 1.165) is 11.1 Å². The molecule has 0 amide bonds. The molecule has 0 saturated heterocycles. The van der Waals surface area contributed by atoms with Gasteiger partial charge < -0.3 is 18.9 Å². The van der Waals surface area contributed by atoms with E-state index in [-0.39, 0.29) is 38.9 Å². The zero-order valence-electron chi connectivity index (χ0n) is 26.6. The quantitative estimate of drug-likeness (QED) is 0.0608. The maximum Gasteiger partial charge on any atom is 0.709 e. The molecular formula is C32H44Cl2F4O7P+. The topological polar surface area (TPSA) is 72.5 Å². The molecule has 2 rings (SSSR count). The van der Waals surface area contributed by atoms with Gasteiger partial charge in [0.1, 0.15) is 12.1 Å². The monoisotopic (exact) mass is 717 g/mol. The minimum atomic E-state index is -4.21. The third-order valence-corrected chi connectivity index (χ3v) is 9.18. The first-order valence-corrected chi connectivity index (χ1v) is 17.3. The van der Waals surface area contributed by atoms with E-state index in [4.69, 9.17) is 42.1 Å². The predicted molar refractivity (Wildman–Crippen MR) is 169 cm³/mol. The van der Waals surface area contributed by atoms with Crippen LogP contribution in [0.5, 0.6) is 0 Å². The Morgan fingerprint density at radius 1 is 0.630 bits per heavy atom. The van der Waals surface area contributed by atoms with E-state index in [1.54, 1.807) is 27.7 Å². The summed E-state index contributed by atoms with van der Waals surface area (Å²) in [5.74, 6) is 0. The summed E-state index contributed by atoms with van der Waals surface area (Å²) in [6.45, 7) is 7.13. The van der Waals surface area contributed by atoms with Gasteiger partial charge in [0, 0.05) is 4.57 Å². The molecule has 46 heavy (non-hydrogen) atoms. The van der Waals surface area contributed by atoms with Crippen LogP contribution in [0.4, 0.5) is 17.6 Å². The summed E-state index contributed by atoms with van der Waals surface area (Å²) in [5, 5.41) is 0. The Balaban J connectivity index is 2.14. The molecular weight excluding hydrogens is 674 g/mol. The second-order valence-electron chi connectivity index (χ2n) is 10.7. The van der Waals surface area contributed by atoms with Crippen LogP contribution in [-0.2, 0) is 45.8 Å². The van der Waals surface area contributed by atoms with Gasteiger partial charge in [-0.25, -0.2) is 0 Å². The molecule has 0 saturated carbocycles. The highest BCUT2D eigenvalue weighted by molar-refractivity contribution is 7.33. The molecule has 0 radical (unpaired) electrons. The number of alkyl halides is 6. The van der Waals surface area contributed by atoms with Gasteiger partial charge in [-0.3, -0.25) is 0 Å². The molecule has 0 spiro atoms. The molecule has 0 fully saturated rings. The highest BCUT2D eigenvalue weighted by Crippen LogP contribution is 2.45. The second-order valence-corrected chi connectivity index (χ2v) is 12.0. The first-order valence-electron chi connectivity index (χ1n) is 15.2. The van der Waals surface area contributed by atoms with Crippen molar-refractivity contribution in [3.63, 3.8) is 0 Å². The lowest BCUT2D eigenvalue weighted by Gasteiger charge is -2.39. The van der Waals surface area contributed by atoms with Gasteiger partial charge in [0.15, 0.2) is 0 Å². The molecule has 7 nitrogen and oxygen atoms in total. The fourth-order valence-corrected chi connectivity index (χ4v) is 6.22. The lowest BCUT2D eigenvalue weighted by atomic mass is 9.87. The highest BCUT2D eigenvalue weighted by atomic mass is 35.5. The van der Waals surface area contributed by atoms with Crippen molar-refractivity contribution in [3.8, 4) is 0 Å². The van der Waals surface area contributed by atoms with E-state index in [2.05, 4.69) is 9.05 Å². The van der Waals surface area contributed by atoms with Crippen LogP contribution in [0.15, 0.2) is 60.7 Å². The van der Waals surface area contributed by atoms with Gasteiger partial charge in [-0.15, -0.1) is 0 Å². The third kappa shape index (κ3) is 12.6. The fraction of sp³-hybridized carbons (Fsp3) is 0.625. The Labute approximate surface area is 280 Å². The van der Waals surface area contributed by atoms with Crippen molar-refractivity contribution >= 4 is 31.5 Å².